The molecule has 8 heteroatoms. The molecule has 4 nitrogen and oxygen atoms in total. The zero-order chi connectivity index (χ0) is 49.8. The Morgan fingerprint density at radius 1 is 0.618 bits per heavy atom. The van der Waals surface area contributed by atoms with Crippen LogP contribution in [-0.2, 0) is 20.2 Å². The normalized spacial score (nSPS) is 16.8. The van der Waals surface area contributed by atoms with Gasteiger partial charge < -0.3 is 42.3 Å². The third-order valence-electron chi connectivity index (χ3n) is 15.2. The molecule has 4 aromatic carbocycles. The fourth-order valence-corrected chi connectivity index (χ4v) is 17.0. The second-order valence-electron chi connectivity index (χ2n) is 22.7. The summed E-state index contributed by atoms with van der Waals surface area (Å²) in [5.41, 5.74) is 2.51. The first kappa shape index (κ1) is 59.7. The molecule has 0 bridgehead atoms. The van der Waals surface area contributed by atoms with E-state index in [2.05, 4.69) is 237 Å². The van der Waals surface area contributed by atoms with Gasteiger partial charge in [-0.15, -0.1) is 0 Å². The Hall–Kier alpha value is -2.63. The topological polar surface area (TPSA) is 36.9 Å². The summed E-state index contributed by atoms with van der Waals surface area (Å²) in [5, 5.41) is 4.37. The number of methoxy groups -OCH3 is 1. The molecule has 0 fully saturated rings. The number of ether oxygens (including phenoxy) is 2. The predicted molar refractivity (Wildman–Crippen MR) is 299 cm³/mol. The van der Waals surface area contributed by atoms with Crippen molar-refractivity contribution < 1.29 is 42.3 Å². The molecular weight excluding hydrogens is 999 g/mol. The van der Waals surface area contributed by atoms with Crippen molar-refractivity contribution in [2.75, 3.05) is 13.3 Å². The fourth-order valence-electron chi connectivity index (χ4n) is 9.35. The molecule has 4 aromatic rings. The molecule has 374 valence electrons. The van der Waals surface area contributed by atoms with Crippen LogP contribution in [0.5, 0.6) is 5.75 Å². The van der Waals surface area contributed by atoms with Crippen LogP contribution in [0.3, 0.4) is 0 Å². The number of rotatable bonds is 24. The van der Waals surface area contributed by atoms with Crippen LogP contribution in [0.4, 0.5) is 0 Å². The van der Waals surface area contributed by atoms with Crippen molar-refractivity contribution in [3.05, 3.63) is 157 Å². The zero-order valence-corrected chi connectivity index (χ0v) is 50.2. The molecule has 0 aromatic heterocycles. The Morgan fingerprint density at radius 2 is 1.06 bits per heavy atom. The van der Waals surface area contributed by atoms with E-state index < -0.39 is 23.9 Å². The van der Waals surface area contributed by atoms with E-state index in [4.69, 9.17) is 18.3 Å². The molecule has 0 N–H and O–H groups in total. The van der Waals surface area contributed by atoms with Crippen molar-refractivity contribution in [1.82, 2.24) is 0 Å². The van der Waals surface area contributed by atoms with Gasteiger partial charge in [0.25, 0.3) is 0 Å². The number of halogens is 1. The Labute approximate surface area is 435 Å². The average molecular weight is 1090 g/mol. The Morgan fingerprint density at radius 3 is 1.47 bits per heavy atom. The van der Waals surface area contributed by atoms with Gasteiger partial charge in [0.1, 0.15) is 28.9 Å². The molecular formula is C60H90IO4PSi2. The number of allylic oxidation sites excluding steroid dienone is 3. The lowest BCUT2D eigenvalue weighted by Crippen LogP contribution is -3.00. The summed E-state index contributed by atoms with van der Waals surface area (Å²) in [5.74, 6) is 1.77. The molecule has 0 aliphatic heterocycles. The van der Waals surface area contributed by atoms with Crippen LogP contribution in [0, 0.1) is 29.6 Å². The van der Waals surface area contributed by atoms with Gasteiger partial charge in [0, 0.05) is 17.8 Å². The maximum absolute atomic E-state index is 7.70. The molecule has 0 radical (unpaired) electrons. The van der Waals surface area contributed by atoms with Crippen LogP contribution in [0.1, 0.15) is 95.1 Å². The van der Waals surface area contributed by atoms with E-state index in [1.165, 1.54) is 21.5 Å². The highest BCUT2D eigenvalue weighted by Crippen LogP contribution is 2.57. The minimum Gasteiger partial charge on any atom is -1.00 e. The Bertz CT molecular complexity index is 2050. The molecule has 0 heterocycles. The second-order valence-corrected chi connectivity index (χ2v) is 35.7. The van der Waals surface area contributed by atoms with E-state index in [-0.39, 0.29) is 82.0 Å². The fraction of sp³-hybridized carbons (Fsp3) is 0.500. The highest BCUT2D eigenvalue weighted by Gasteiger charge is 2.50. The molecule has 0 saturated heterocycles. The maximum Gasteiger partial charge on any atom is 0.192 e. The SMILES string of the molecule is C=C/C=C\[C@H](C)[C@H](OCc1ccc(OC)cc1)[C@@H](C)[C@H](O[Si](C)(C)C(C)(C)C)[C@@H](C)C/C(C)=C\[C@H](C)[C@@H](O[Si](C)(C)C(C)(C)C)[C@@H](C)C[P+](c1ccccc1)(c1ccccc1)c1ccccc1.[I-]. The van der Waals surface area contributed by atoms with Crippen LogP contribution >= 0.6 is 7.26 Å². The van der Waals surface area contributed by atoms with Gasteiger partial charge in [-0.2, -0.15) is 0 Å². The lowest BCUT2D eigenvalue weighted by molar-refractivity contribution is -0.0644. The maximum atomic E-state index is 7.70. The van der Waals surface area contributed by atoms with Crippen molar-refractivity contribution in [3.63, 3.8) is 0 Å². The summed E-state index contributed by atoms with van der Waals surface area (Å²) in [6.07, 6.45) is 10.6. The van der Waals surface area contributed by atoms with Gasteiger partial charge in [-0.3, -0.25) is 0 Å². The molecule has 0 saturated carbocycles. The van der Waals surface area contributed by atoms with E-state index in [9.17, 15) is 0 Å². The predicted octanol–water partition coefficient (Wildman–Crippen LogP) is 12.6. The summed E-state index contributed by atoms with van der Waals surface area (Å²) < 4.78 is 27.7. The van der Waals surface area contributed by atoms with E-state index in [0.717, 1.165) is 23.9 Å². The first-order valence-corrected chi connectivity index (χ1v) is 32.8. The summed E-state index contributed by atoms with van der Waals surface area (Å²) >= 11 is 0. The van der Waals surface area contributed by atoms with Gasteiger partial charge in [-0.1, -0.05) is 179 Å². The minimum atomic E-state index is -2.20. The zero-order valence-electron chi connectivity index (χ0n) is 45.2. The Balaban J connectivity index is 0.0000122. The summed E-state index contributed by atoms with van der Waals surface area (Å²) in [7, 11) is -4.80. The van der Waals surface area contributed by atoms with E-state index in [1.807, 2.05) is 18.2 Å². The molecule has 68 heavy (non-hydrogen) atoms. The lowest BCUT2D eigenvalue weighted by Gasteiger charge is -2.45. The minimum absolute atomic E-state index is 0. The number of hydrogen-bond acceptors (Lipinski definition) is 4. The van der Waals surface area contributed by atoms with Gasteiger partial charge in [0.15, 0.2) is 16.6 Å². The quantitative estimate of drug-likeness (QED) is 0.0230. The van der Waals surface area contributed by atoms with Crippen molar-refractivity contribution >= 4 is 39.8 Å². The highest BCUT2D eigenvalue weighted by molar-refractivity contribution is 7.95. The lowest BCUT2D eigenvalue weighted by atomic mass is 9.81. The van der Waals surface area contributed by atoms with Gasteiger partial charge in [-0.05, 0) is 116 Å². The number of hydrogen-bond donors (Lipinski definition) is 0. The highest BCUT2D eigenvalue weighted by atomic mass is 127. The summed E-state index contributed by atoms with van der Waals surface area (Å²) in [6.45, 7) is 42.6. The van der Waals surface area contributed by atoms with Gasteiger partial charge in [0.05, 0.1) is 38.2 Å². The largest absolute Gasteiger partial charge is 1.00 e. The third kappa shape index (κ3) is 15.7. The van der Waals surface area contributed by atoms with Crippen molar-refractivity contribution in [3.8, 4) is 5.75 Å². The first-order valence-electron chi connectivity index (χ1n) is 25.0. The van der Waals surface area contributed by atoms with Crippen LogP contribution in [0.2, 0.25) is 36.3 Å². The average Bonchev–Trinajstić information content (AvgIpc) is 3.28. The smallest absolute Gasteiger partial charge is 0.192 e. The first-order chi connectivity index (χ1) is 31.4. The molecule has 0 aliphatic carbocycles. The third-order valence-corrected chi connectivity index (χ3v) is 28.8. The molecule has 0 unspecified atom stereocenters. The molecule has 8 atom stereocenters. The van der Waals surface area contributed by atoms with Crippen LogP contribution in [-0.4, -0.2) is 48.2 Å². The van der Waals surface area contributed by atoms with E-state index >= 15 is 0 Å². The molecule has 0 amide bonds. The second kappa shape index (κ2) is 26.2. The number of benzene rings is 4. The monoisotopic (exact) mass is 1090 g/mol. The standard InChI is InChI=1S/C60H90O4PSi2.HI/c1-19-20-30-46(3)57(62-43-51-37-39-52(61-14)40-38-51)50(7)58(64-67(17,18)60(11,12)13)48(5)42-45(2)41-47(4)56(63-66(15,16)59(8,9)10)49(6)44-65(53-31-24-21-25-32-53,54-33-26-22-27-34-54)55-35-28-23-29-36-55;/h19-41,46-50,56-58H,1,42-44H2,2-18H3;1H/q+1;/p-1/b30-20-,45-41-;/t46-,47-,48-,49-,50+,56+,57-,58+;/m0./s1. The molecule has 0 aliphatic rings. The van der Waals surface area contributed by atoms with Crippen molar-refractivity contribution in [2.45, 2.75) is 151 Å². The van der Waals surface area contributed by atoms with Gasteiger partial charge >= 0.3 is 0 Å². The molecule has 4 rings (SSSR count). The van der Waals surface area contributed by atoms with Crippen LogP contribution in [0.15, 0.2) is 152 Å². The summed E-state index contributed by atoms with van der Waals surface area (Å²) in [4.78, 5) is 0. The van der Waals surface area contributed by atoms with Crippen LogP contribution < -0.4 is 44.6 Å². The summed E-state index contributed by atoms with van der Waals surface area (Å²) in [6, 6.07) is 42.2. The van der Waals surface area contributed by atoms with Crippen molar-refractivity contribution in [2.24, 2.45) is 29.6 Å². The van der Waals surface area contributed by atoms with E-state index in [1.54, 1.807) is 7.11 Å². The van der Waals surface area contributed by atoms with Crippen molar-refractivity contribution in [1.29, 1.82) is 0 Å². The van der Waals surface area contributed by atoms with Gasteiger partial charge in [0.2, 0.25) is 0 Å². The van der Waals surface area contributed by atoms with Crippen LogP contribution in [0.25, 0.3) is 0 Å². The molecule has 0 spiro atoms. The van der Waals surface area contributed by atoms with Gasteiger partial charge in [-0.25, -0.2) is 0 Å². The van der Waals surface area contributed by atoms with E-state index in [0.29, 0.717) is 6.61 Å². The Kier molecular flexibility index (Phi) is 23.0.